The number of nitrogens with zero attached hydrogens (tertiary/aromatic N) is 5. The summed E-state index contributed by atoms with van der Waals surface area (Å²) >= 11 is 0. The molecule has 2 N–H and O–H groups in total. The Bertz CT molecular complexity index is 1480. The number of hydrogen-bond acceptors (Lipinski definition) is 7. The van der Waals surface area contributed by atoms with Gasteiger partial charge in [-0.2, -0.15) is 0 Å². The van der Waals surface area contributed by atoms with Gasteiger partial charge in [0.05, 0.1) is 29.9 Å². The van der Waals surface area contributed by atoms with Gasteiger partial charge in [0.2, 0.25) is 5.95 Å². The van der Waals surface area contributed by atoms with E-state index in [-0.39, 0.29) is 5.91 Å². The number of para-hydroxylation sites is 1. The zero-order chi connectivity index (χ0) is 27.4. The van der Waals surface area contributed by atoms with Crippen LogP contribution in [-0.2, 0) is 11.8 Å². The van der Waals surface area contributed by atoms with Gasteiger partial charge in [0.15, 0.2) is 0 Å². The van der Waals surface area contributed by atoms with Crippen LogP contribution in [0.15, 0.2) is 67.0 Å². The van der Waals surface area contributed by atoms with Crippen LogP contribution in [0, 0.1) is 0 Å². The van der Waals surface area contributed by atoms with Crippen molar-refractivity contribution >= 4 is 39.8 Å². The van der Waals surface area contributed by atoms with Gasteiger partial charge in [0.25, 0.3) is 5.91 Å². The predicted molar refractivity (Wildman–Crippen MR) is 155 cm³/mol. The van der Waals surface area contributed by atoms with Crippen molar-refractivity contribution in [3.8, 4) is 17.0 Å². The van der Waals surface area contributed by atoms with E-state index < -0.39 is 0 Å². The van der Waals surface area contributed by atoms with E-state index in [0.29, 0.717) is 28.6 Å². The summed E-state index contributed by atoms with van der Waals surface area (Å²) in [6.45, 7) is 7.06. The number of carbonyl (C=O) groups is 1. The zero-order valence-electron chi connectivity index (χ0n) is 22.9. The van der Waals surface area contributed by atoms with E-state index >= 15 is 0 Å². The van der Waals surface area contributed by atoms with Gasteiger partial charge in [0, 0.05) is 67.7 Å². The predicted octanol–water partition coefficient (Wildman–Crippen LogP) is 4.90. The number of aromatic nitrogens is 3. The molecule has 2 aromatic carbocycles. The van der Waals surface area contributed by atoms with Gasteiger partial charge >= 0.3 is 0 Å². The van der Waals surface area contributed by atoms with Crippen LogP contribution in [0.25, 0.3) is 22.2 Å². The van der Waals surface area contributed by atoms with Crippen molar-refractivity contribution in [2.75, 3.05) is 56.9 Å². The maximum atomic E-state index is 12.6. The molecular weight excluding hydrogens is 478 g/mol. The fourth-order valence-electron chi connectivity index (χ4n) is 4.19. The number of benzene rings is 2. The van der Waals surface area contributed by atoms with Gasteiger partial charge in [-0.15, -0.1) is 0 Å². The topological polar surface area (TPSA) is 87.5 Å². The summed E-state index contributed by atoms with van der Waals surface area (Å²) in [5.74, 6) is 0.765. The first kappa shape index (κ1) is 26.7. The molecule has 0 radical (unpaired) electrons. The summed E-state index contributed by atoms with van der Waals surface area (Å²) < 4.78 is 7.82. The fourth-order valence-corrected chi connectivity index (χ4v) is 4.19. The van der Waals surface area contributed by atoms with Crippen molar-refractivity contribution < 1.29 is 9.53 Å². The van der Waals surface area contributed by atoms with Gasteiger partial charge in [-0.05, 0) is 39.2 Å². The first-order valence-corrected chi connectivity index (χ1v) is 12.4. The average Bonchev–Trinajstić information content (AvgIpc) is 3.24. The molecule has 198 valence electrons. The fraction of sp³-hybridized carbons (Fsp3) is 0.276. The van der Waals surface area contributed by atoms with E-state index in [0.717, 1.165) is 40.9 Å². The van der Waals surface area contributed by atoms with Crippen molar-refractivity contribution in [2.45, 2.75) is 6.92 Å². The van der Waals surface area contributed by atoms with Gasteiger partial charge in [0.1, 0.15) is 5.75 Å². The molecular formula is C29H35N7O2. The summed E-state index contributed by atoms with van der Waals surface area (Å²) in [4.78, 5) is 26.0. The Morgan fingerprint density at radius 2 is 1.87 bits per heavy atom. The van der Waals surface area contributed by atoms with Crippen molar-refractivity contribution in [1.29, 1.82) is 0 Å². The summed E-state index contributed by atoms with van der Waals surface area (Å²) in [7, 11) is 9.67. The summed E-state index contributed by atoms with van der Waals surface area (Å²) in [5, 5.41) is 7.39. The van der Waals surface area contributed by atoms with Crippen LogP contribution >= 0.6 is 0 Å². The molecule has 0 bridgehead atoms. The van der Waals surface area contributed by atoms with Crippen LogP contribution in [-0.4, -0.2) is 66.7 Å². The molecule has 9 heteroatoms. The second-order valence-corrected chi connectivity index (χ2v) is 9.59. The largest absolute Gasteiger partial charge is 0.494 e. The minimum Gasteiger partial charge on any atom is -0.494 e. The van der Waals surface area contributed by atoms with Gasteiger partial charge in [-0.3, -0.25) is 4.79 Å². The highest BCUT2D eigenvalue weighted by Crippen LogP contribution is 2.38. The van der Waals surface area contributed by atoms with Gasteiger partial charge in [-0.25, -0.2) is 9.97 Å². The second kappa shape index (κ2) is 11.4. The van der Waals surface area contributed by atoms with Crippen LogP contribution in [0.5, 0.6) is 5.75 Å². The second-order valence-electron chi connectivity index (χ2n) is 9.59. The van der Waals surface area contributed by atoms with Crippen molar-refractivity contribution in [2.24, 2.45) is 7.05 Å². The van der Waals surface area contributed by atoms with Crippen LogP contribution in [0.3, 0.4) is 0 Å². The van der Waals surface area contributed by atoms with E-state index in [9.17, 15) is 4.79 Å². The molecule has 1 amide bonds. The number of anilines is 4. The highest BCUT2D eigenvalue weighted by atomic mass is 16.5. The molecule has 2 aromatic heterocycles. The summed E-state index contributed by atoms with van der Waals surface area (Å²) in [5.41, 5.74) is 5.46. The Kier molecular flexibility index (Phi) is 7.97. The molecule has 0 atom stereocenters. The van der Waals surface area contributed by atoms with Crippen LogP contribution in [0.1, 0.15) is 6.92 Å². The number of fused-ring (bicyclic) bond motifs is 1. The number of ether oxygens (including phenoxy) is 1. The Hall–Kier alpha value is -4.37. The number of aryl methyl sites for hydroxylation is 1. The first-order valence-electron chi connectivity index (χ1n) is 12.4. The van der Waals surface area contributed by atoms with Crippen molar-refractivity contribution in [3.05, 3.63) is 67.0 Å². The SMILES string of the molecule is C=C(C)C(=O)Nc1cc(Nc2nccc(-c3cn(C)c4ccccc34)n2)c(OC)cc1N(C)CCN(C)C. The lowest BCUT2D eigenvalue weighted by Crippen LogP contribution is -2.29. The molecule has 0 aliphatic rings. The van der Waals surface area contributed by atoms with E-state index in [2.05, 4.69) is 54.9 Å². The average molecular weight is 514 g/mol. The molecule has 2 heterocycles. The van der Waals surface area contributed by atoms with E-state index in [1.54, 1.807) is 20.2 Å². The first-order chi connectivity index (χ1) is 18.2. The minimum atomic E-state index is -0.252. The number of nitrogens with one attached hydrogen (secondary N) is 2. The minimum absolute atomic E-state index is 0.252. The van der Waals surface area contributed by atoms with Crippen LogP contribution in [0.4, 0.5) is 23.0 Å². The molecule has 0 fully saturated rings. The molecule has 0 spiro atoms. The summed E-state index contributed by atoms with van der Waals surface area (Å²) in [6, 6.07) is 13.9. The molecule has 4 aromatic rings. The third kappa shape index (κ3) is 5.78. The number of hydrogen-bond donors (Lipinski definition) is 2. The maximum absolute atomic E-state index is 12.6. The Labute approximate surface area is 223 Å². The van der Waals surface area contributed by atoms with Gasteiger partial charge in [-0.1, -0.05) is 24.8 Å². The quantitative estimate of drug-likeness (QED) is 0.292. The van der Waals surface area contributed by atoms with Gasteiger partial charge < -0.3 is 29.7 Å². The normalized spacial score (nSPS) is 11.0. The lowest BCUT2D eigenvalue weighted by Gasteiger charge is -2.26. The van der Waals surface area contributed by atoms with Crippen molar-refractivity contribution in [1.82, 2.24) is 19.4 Å². The van der Waals surface area contributed by atoms with Crippen LogP contribution < -0.4 is 20.3 Å². The van der Waals surface area contributed by atoms with Crippen LogP contribution in [0.2, 0.25) is 0 Å². The zero-order valence-corrected chi connectivity index (χ0v) is 22.9. The molecule has 9 nitrogen and oxygen atoms in total. The highest BCUT2D eigenvalue weighted by Gasteiger charge is 2.18. The number of methoxy groups -OCH3 is 1. The maximum Gasteiger partial charge on any atom is 0.250 e. The smallest absolute Gasteiger partial charge is 0.250 e. The number of likely N-dealkylation sites (N-methyl/N-ethyl adjacent to an activating group) is 2. The molecule has 0 aliphatic carbocycles. The Morgan fingerprint density at radius 3 is 2.58 bits per heavy atom. The standard InChI is InChI=1S/C29H35N7O2/c1-19(2)28(37)31-23-16-24(27(38-7)17-26(23)35(5)15-14-34(3)4)33-29-30-13-12-22(32-29)21-18-36(6)25-11-9-8-10-20(21)25/h8-13,16-18H,1,14-15H2,2-7H3,(H,31,37)(H,30,32,33). The molecule has 0 saturated carbocycles. The van der Waals surface area contributed by atoms with E-state index in [1.165, 1.54) is 0 Å². The van der Waals surface area contributed by atoms with E-state index in [1.807, 2.05) is 58.5 Å². The Morgan fingerprint density at radius 1 is 1.11 bits per heavy atom. The third-order valence-electron chi connectivity index (χ3n) is 6.32. The Balaban J connectivity index is 1.72. The number of carbonyl (C=O) groups excluding carboxylic acids is 1. The van der Waals surface area contributed by atoms with E-state index in [4.69, 9.17) is 9.72 Å². The molecule has 38 heavy (non-hydrogen) atoms. The summed E-state index contributed by atoms with van der Waals surface area (Å²) in [6.07, 6.45) is 3.80. The molecule has 0 aliphatic heterocycles. The molecule has 4 rings (SSSR count). The number of amides is 1. The highest BCUT2D eigenvalue weighted by molar-refractivity contribution is 6.05. The lowest BCUT2D eigenvalue weighted by molar-refractivity contribution is -0.112. The van der Waals surface area contributed by atoms with Crippen molar-refractivity contribution in [3.63, 3.8) is 0 Å². The number of rotatable bonds is 10. The lowest BCUT2D eigenvalue weighted by atomic mass is 10.1. The third-order valence-corrected chi connectivity index (χ3v) is 6.32. The molecule has 0 unspecified atom stereocenters. The molecule has 0 saturated heterocycles. The monoisotopic (exact) mass is 513 g/mol.